The minimum absolute atomic E-state index is 0.0236. The molecule has 1 aliphatic rings. The molecule has 3 amide bonds. The van der Waals surface area contributed by atoms with Crippen LogP contribution in [0, 0.1) is 20.8 Å². The molecular formula is C50H83N7O11. The van der Waals surface area contributed by atoms with E-state index in [9.17, 15) is 24.3 Å². The summed E-state index contributed by atoms with van der Waals surface area (Å²) in [6, 6.07) is 13.4. The van der Waals surface area contributed by atoms with Crippen LogP contribution in [-0.2, 0) is 49.4 Å². The highest BCUT2D eigenvalue weighted by Crippen LogP contribution is 2.16. The van der Waals surface area contributed by atoms with Gasteiger partial charge in [0.1, 0.15) is 11.8 Å². The van der Waals surface area contributed by atoms with Gasteiger partial charge in [-0.1, -0.05) is 56.2 Å². The predicted octanol–water partition coefficient (Wildman–Crippen LogP) is 2.96. The largest absolute Gasteiger partial charge is 0.494 e. The van der Waals surface area contributed by atoms with Crippen LogP contribution >= 0.6 is 0 Å². The van der Waals surface area contributed by atoms with Crippen molar-refractivity contribution in [2.75, 3.05) is 139 Å². The van der Waals surface area contributed by atoms with Crippen molar-refractivity contribution in [3.05, 3.63) is 64.7 Å². The van der Waals surface area contributed by atoms with Crippen LogP contribution in [0.5, 0.6) is 5.75 Å². The van der Waals surface area contributed by atoms with E-state index in [4.69, 9.17) is 28.5 Å². The summed E-state index contributed by atoms with van der Waals surface area (Å²) in [5.41, 5.74) is 4.49. The lowest BCUT2D eigenvalue weighted by Crippen LogP contribution is -2.52. The summed E-state index contributed by atoms with van der Waals surface area (Å²) in [6.45, 7) is 22.3. The normalized spacial score (nSPS) is 14.6. The van der Waals surface area contributed by atoms with Gasteiger partial charge >= 0.3 is 12.1 Å². The number of hydrogen-bond acceptors (Lipinski definition) is 14. The summed E-state index contributed by atoms with van der Waals surface area (Å²) in [5.74, 6) is -0.369. The Labute approximate surface area is 405 Å². The molecule has 2 aromatic rings. The minimum Gasteiger partial charge on any atom is -0.494 e. The number of carbonyl (C=O) groups excluding carboxylic acids is 5. The average Bonchev–Trinajstić information content (AvgIpc) is 3.30. The lowest BCUT2D eigenvalue weighted by molar-refractivity contribution is -0.191. The summed E-state index contributed by atoms with van der Waals surface area (Å²) in [7, 11) is 3.63. The molecule has 1 fully saturated rings. The van der Waals surface area contributed by atoms with E-state index in [0.717, 1.165) is 75.5 Å². The molecule has 1 atom stereocenters. The third kappa shape index (κ3) is 32.1. The van der Waals surface area contributed by atoms with E-state index in [2.05, 4.69) is 71.5 Å². The first-order valence-corrected chi connectivity index (χ1v) is 24.1. The van der Waals surface area contributed by atoms with E-state index < -0.39 is 12.0 Å². The maximum Gasteiger partial charge on any atom is 0.373 e. The van der Waals surface area contributed by atoms with Gasteiger partial charge < -0.3 is 49.8 Å². The Morgan fingerprint density at radius 2 is 1.21 bits per heavy atom. The van der Waals surface area contributed by atoms with Gasteiger partial charge in [0, 0.05) is 92.0 Å². The van der Waals surface area contributed by atoms with Crippen molar-refractivity contribution in [2.24, 2.45) is 0 Å². The van der Waals surface area contributed by atoms with Gasteiger partial charge in [-0.15, -0.1) is 0 Å². The summed E-state index contributed by atoms with van der Waals surface area (Å²) in [5, 5.41) is 17.8. The van der Waals surface area contributed by atoms with Crippen LogP contribution < -0.4 is 20.7 Å². The molecule has 0 radical (unpaired) electrons. The zero-order valence-electron chi connectivity index (χ0n) is 42.1. The highest BCUT2D eigenvalue weighted by molar-refractivity contribution is 5.88. The second-order valence-corrected chi connectivity index (χ2v) is 16.9. The molecule has 0 aromatic heterocycles. The van der Waals surface area contributed by atoms with Crippen LogP contribution in [0.2, 0.25) is 0 Å². The lowest BCUT2D eigenvalue weighted by Gasteiger charge is -2.32. The number of benzene rings is 2. The van der Waals surface area contributed by atoms with E-state index >= 15 is 0 Å². The monoisotopic (exact) mass is 958 g/mol. The molecule has 0 unspecified atom stereocenters. The first kappa shape index (κ1) is 61.2. The van der Waals surface area contributed by atoms with Crippen LogP contribution in [0.3, 0.4) is 0 Å². The second kappa shape index (κ2) is 39.1. The zero-order chi connectivity index (χ0) is 50.4. The Bertz CT molecular complexity index is 1690. The Hall–Kier alpha value is -4.78. The van der Waals surface area contributed by atoms with Crippen molar-refractivity contribution in [3.63, 3.8) is 0 Å². The lowest BCUT2D eigenvalue weighted by atomic mass is 10.0. The van der Waals surface area contributed by atoms with Gasteiger partial charge in [0.2, 0.25) is 17.7 Å². The third-order valence-electron chi connectivity index (χ3n) is 10.9. The summed E-state index contributed by atoms with van der Waals surface area (Å²) >= 11 is 0. The minimum atomic E-state index is -0.851. The van der Waals surface area contributed by atoms with Crippen LogP contribution in [0.1, 0.15) is 68.2 Å². The fourth-order valence-corrected chi connectivity index (χ4v) is 6.97. The van der Waals surface area contributed by atoms with E-state index in [0.29, 0.717) is 91.6 Å². The highest BCUT2D eigenvalue weighted by Gasteiger charge is 2.23. The van der Waals surface area contributed by atoms with Crippen molar-refractivity contribution in [1.82, 2.24) is 35.6 Å². The first-order chi connectivity index (χ1) is 32.7. The van der Waals surface area contributed by atoms with E-state index in [1.165, 1.54) is 11.1 Å². The van der Waals surface area contributed by atoms with Crippen molar-refractivity contribution < 1.29 is 52.8 Å². The number of aliphatic carboxylic acids is 1. The number of nitrogens with zero attached hydrogens (tertiary/aromatic N) is 4. The molecule has 18 nitrogen and oxygen atoms in total. The van der Waals surface area contributed by atoms with E-state index in [1.807, 2.05) is 48.2 Å². The number of aryl methyl sites for hydroxylation is 3. The number of hydrogen-bond donors (Lipinski definition) is 4. The van der Waals surface area contributed by atoms with Crippen LogP contribution in [-0.4, -0.2) is 199 Å². The number of rotatable bonds is 27. The van der Waals surface area contributed by atoms with Crippen molar-refractivity contribution >= 4 is 29.8 Å². The molecule has 1 aliphatic heterocycles. The van der Waals surface area contributed by atoms with Gasteiger partial charge in [-0.3, -0.25) is 29.0 Å². The molecule has 0 aliphatic carbocycles. The average molecular weight is 958 g/mol. The number of carboxylic acid groups (broad SMARTS) is 1. The van der Waals surface area contributed by atoms with Gasteiger partial charge in [0.15, 0.2) is 0 Å². The summed E-state index contributed by atoms with van der Waals surface area (Å²) in [4.78, 5) is 73.6. The third-order valence-corrected chi connectivity index (χ3v) is 10.9. The molecule has 384 valence electrons. The number of ether oxygens (including phenoxy) is 4. The molecule has 0 spiro atoms. The maximum atomic E-state index is 13.1. The Morgan fingerprint density at radius 1 is 0.676 bits per heavy atom. The fourth-order valence-electron chi connectivity index (χ4n) is 6.97. The van der Waals surface area contributed by atoms with Crippen molar-refractivity contribution in [1.29, 1.82) is 0 Å². The number of unbranched alkanes of at least 4 members (excludes halogenated alkanes) is 1. The molecular weight excluding hydrogens is 875 g/mol. The van der Waals surface area contributed by atoms with Crippen molar-refractivity contribution in [2.45, 2.75) is 79.2 Å². The standard InChI is InChI=1S/C26H44N6O4.C23H39NO5.CO2/c1-5-30-12-10-29(4)11-13-32(20-25(34)35)17-16-31(15-14-30)19-24(33)28-23(26(36)27-3)18-22-8-6-21(2)7-9-22;1-4-5-10-26-13-15-28-16-14-27-11-7-9-24-23(25)8-6-12-29-22-18-20(2)17-21(3)19-22;2-1-3/h6-9,23H,5,10-20H2,1-4H3,(H,27,36)(H,28,33)(H,34,35);17-19H,4-16H2,1-3H3,(H,24,25);/t23-;;/m1../s1. The summed E-state index contributed by atoms with van der Waals surface area (Å²) < 4.78 is 22.0. The number of carboxylic acids is 1. The van der Waals surface area contributed by atoms with Gasteiger partial charge in [-0.05, 0) is 82.4 Å². The van der Waals surface area contributed by atoms with Gasteiger partial charge in [-0.25, -0.2) is 0 Å². The molecule has 3 rings (SSSR count). The molecule has 4 N–H and O–H groups in total. The predicted molar refractivity (Wildman–Crippen MR) is 262 cm³/mol. The zero-order valence-corrected chi connectivity index (χ0v) is 42.1. The van der Waals surface area contributed by atoms with Crippen LogP contribution in [0.15, 0.2) is 42.5 Å². The molecule has 0 bridgehead atoms. The van der Waals surface area contributed by atoms with Gasteiger partial charge in [0.25, 0.3) is 0 Å². The number of carbonyl (C=O) groups is 4. The fraction of sp³-hybridized carbons (Fsp3) is 0.660. The van der Waals surface area contributed by atoms with Crippen LogP contribution in [0.4, 0.5) is 0 Å². The maximum absolute atomic E-state index is 13.1. The molecule has 1 saturated heterocycles. The molecule has 68 heavy (non-hydrogen) atoms. The Balaban J connectivity index is 0.000000656. The molecule has 2 aromatic carbocycles. The number of amides is 3. The smallest absolute Gasteiger partial charge is 0.373 e. The molecule has 18 heteroatoms. The Morgan fingerprint density at radius 3 is 1.76 bits per heavy atom. The van der Waals surface area contributed by atoms with Crippen LogP contribution in [0.25, 0.3) is 0 Å². The quantitative estimate of drug-likeness (QED) is 0.0950. The second-order valence-electron chi connectivity index (χ2n) is 16.9. The first-order valence-electron chi connectivity index (χ1n) is 24.1. The topological polar surface area (TPSA) is 209 Å². The van der Waals surface area contributed by atoms with Gasteiger partial charge in [0.05, 0.1) is 46.1 Å². The Kier molecular flexibility index (Phi) is 35.2. The molecule has 0 saturated carbocycles. The van der Waals surface area contributed by atoms with Gasteiger partial charge in [-0.2, -0.15) is 9.59 Å². The SMILES string of the molecule is CCCCOCCOCCOCCCNC(=O)CCCOc1cc(C)cc(C)c1.CCN1CCN(C)CCN(CC(=O)O)CCN(CC(=O)N[C@H](Cc2ccc(C)cc2)C(=O)NC)CC1.O=C=O. The van der Waals surface area contributed by atoms with E-state index in [1.54, 1.807) is 7.05 Å². The number of likely N-dealkylation sites (N-methyl/N-ethyl adjacent to an activating group) is 3. The highest BCUT2D eigenvalue weighted by atomic mass is 16.5. The molecule has 1 heterocycles. The number of nitrogens with one attached hydrogen (secondary N) is 3. The van der Waals surface area contributed by atoms with E-state index in [-0.39, 0.29) is 37.0 Å². The summed E-state index contributed by atoms with van der Waals surface area (Å²) in [6.07, 6.45) is 4.88. The van der Waals surface area contributed by atoms with Crippen molar-refractivity contribution in [3.8, 4) is 5.75 Å².